The van der Waals surface area contributed by atoms with Gasteiger partial charge in [-0.15, -0.1) is 0 Å². The van der Waals surface area contributed by atoms with Crippen molar-refractivity contribution in [1.82, 2.24) is 5.32 Å². The summed E-state index contributed by atoms with van der Waals surface area (Å²) in [6, 6.07) is 16.2. The highest BCUT2D eigenvalue weighted by Crippen LogP contribution is 2.28. The third-order valence-electron chi connectivity index (χ3n) is 4.98. The average molecular weight is 393 g/mol. The fourth-order valence-corrected chi connectivity index (χ4v) is 3.50. The van der Waals surface area contributed by atoms with Crippen LogP contribution in [0.5, 0.6) is 0 Å². The molecule has 0 saturated carbocycles. The Morgan fingerprint density at radius 2 is 1.38 bits per heavy atom. The van der Waals surface area contributed by atoms with Crippen LogP contribution >= 0.6 is 0 Å². The van der Waals surface area contributed by atoms with E-state index in [-0.39, 0.29) is 6.42 Å². The van der Waals surface area contributed by atoms with Gasteiger partial charge in [0.2, 0.25) is 0 Å². The minimum absolute atomic E-state index is 0.0772. The van der Waals surface area contributed by atoms with Gasteiger partial charge in [-0.05, 0) is 34.0 Å². The van der Waals surface area contributed by atoms with E-state index in [4.69, 9.17) is 9.47 Å². The molecule has 6 heteroatoms. The number of benzene rings is 3. The van der Waals surface area contributed by atoms with Crippen molar-refractivity contribution in [3.63, 3.8) is 0 Å². The van der Waals surface area contributed by atoms with Gasteiger partial charge in [-0.2, -0.15) is 0 Å². The van der Waals surface area contributed by atoms with Gasteiger partial charge in [-0.3, -0.25) is 9.59 Å². The highest BCUT2D eigenvalue weighted by Gasteiger charge is 2.28. The number of carbonyl (C=O) groups is 3. The fourth-order valence-electron chi connectivity index (χ4n) is 3.50. The molecule has 3 aromatic rings. The summed E-state index contributed by atoms with van der Waals surface area (Å²) in [5.74, 6) is -2.04. The van der Waals surface area contributed by atoms with Crippen molar-refractivity contribution in [2.75, 3.05) is 14.2 Å². The molecule has 3 rings (SSSR count). The first kappa shape index (κ1) is 20.3. The van der Waals surface area contributed by atoms with Crippen LogP contribution in [0.15, 0.2) is 54.6 Å². The van der Waals surface area contributed by atoms with Crippen LogP contribution in [0.1, 0.15) is 23.7 Å². The number of hydrogen-bond acceptors (Lipinski definition) is 5. The highest BCUT2D eigenvalue weighted by atomic mass is 16.5. The number of fused-ring (bicyclic) bond motifs is 2. The van der Waals surface area contributed by atoms with E-state index in [0.717, 1.165) is 21.5 Å². The van der Waals surface area contributed by atoms with Gasteiger partial charge in [0.15, 0.2) is 0 Å². The third-order valence-corrected chi connectivity index (χ3v) is 4.98. The molecule has 0 radical (unpaired) electrons. The quantitative estimate of drug-likeness (QED) is 0.512. The molecule has 1 N–H and O–H groups in total. The first-order chi connectivity index (χ1) is 14.0. The van der Waals surface area contributed by atoms with E-state index in [1.54, 1.807) is 6.92 Å². The Kier molecular flexibility index (Phi) is 6.12. The van der Waals surface area contributed by atoms with Crippen molar-refractivity contribution in [3.05, 3.63) is 60.2 Å². The Morgan fingerprint density at radius 1 is 0.862 bits per heavy atom. The zero-order chi connectivity index (χ0) is 21.0. The summed E-state index contributed by atoms with van der Waals surface area (Å²) in [6.07, 6.45) is 0.0772. The predicted octanol–water partition coefficient (Wildman–Crippen LogP) is 3.46. The molecule has 2 atom stereocenters. The molecule has 6 nitrogen and oxygen atoms in total. The molecule has 1 amide bonds. The Bertz CT molecular complexity index is 1020. The van der Waals surface area contributed by atoms with Crippen molar-refractivity contribution in [3.8, 4) is 0 Å². The van der Waals surface area contributed by atoms with Crippen LogP contribution in [0, 0.1) is 5.92 Å². The van der Waals surface area contributed by atoms with Gasteiger partial charge in [0.05, 0.1) is 25.7 Å². The van der Waals surface area contributed by atoms with Crippen LogP contribution in [0.25, 0.3) is 21.5 Å². The van der Waals surface area contributed by atoms with E-state index in [2.05, 4.69) is 5.32 Å². The summed E-state index contributed by atoms with van der Waals surface area (Å²) < 4.78 is 9.56. The van der Waals surface area contributed by atoms with Crippen molar-refractivity contribution >= 4 is 39.4 Å². The average Bonchev–Trinajstić information content (AvgIpc) is 2.75. The number of rotatable bonds is 6. The molecule has 0 aliphatic rings. The molecule has 0 unspecified atom stereocenters. The molecule has 0 saturated heterocycles. The lowest BCUT2D eigenvalue weighted by molar-refractivity contribution is -0.147. The normalized spacial score (nSPS) is 12.9. The molecule has 0 heterocycles. The third kappa shape index (κ3) is 4.21. The SMILES string of the molecule is COC(=O)[C@H](C)C[C@@H](NC(=O)c1c2ccccc2cc2ccccc12)C(=O)OC. The van der Waals surface area contributed by atoms with Crippen LogP contribution in [0.3, 0.4) is 0 Å². The molecule has 0 aromatic heterocycles. The monoisotopic (exact) mass is 393 g/mol. The standard InChI is InChI=1S/C23H23NO5/c1-14(22(26)28-2)12-19(23(27)29-3)24-21(25)20-17-10-6-4-8-15(17)13-16-9-5-7-11-18(16)20/h4-11,13-14,19H,12H2,1-3H3,(H,24,25)/t14-,19-/m1/s1. The van der Waals surface area contributed by atoms with Crippen LogP contribution in [-0.4, -0.2) is 38.1 Å². The molecule has 0 aliphatic carbocycles. The van der Waals surface area contributed by atoms with Crippen molar-refractivity contribution in [2.45, 2.75) is 19.4 Å². The van der Waals surface area contributed by atoms with Gasteiger partial charge in [-0.25, -0.2) is 4.79 Å². The summed E-state index contributed by atoms with van der Waals surface area (Å²) in [6.45, 7) is 1.64. The Morgan fingerprint density at radius 3 is 1.90 bits per heavy atom. The van der Waals surface area contributed by atoms with Gasteiger partial charge >= 0.3 is 11.9 Å². The number of carbonyl (C=O) groups excluding carboxylic acids is 3. The topological polar surface area (TPSA) is 81.7 Å². The highest BCUT2D eigenvalue weighted by molar-refractivity contribution is 6.18. The second-order valence-corrected chi connectivity index (χ2v) is 6.90. The largest absolute Gasteiger partial charge is 0.469 e. The van der Waals surface area contributed by atoms with E-state index in [1.165, 1.54) is 14.2 Å². The van der Waals surface area contributed by atoms with Gasteiger partial charge in [0.25, 0.3) is 5.91 Å². The smallest absolute Gasteiger partial charge is 0.328 e. The number of esters is 2. The maximum Gasteiger partial charge on any atom is 0.328 e. The van der Waals surface area contributed by atoms with Gasteiger partial charge in [0.1, 0.15) is 6.04 Å². The van der Waals surface area contributed by atoms with Gasteiger partial charge in [0, 0.05) is 0 Å². The van der Waals surface area contributed by atoms with Crippen LogP contribution in [0.2, 0.25) is 0 Å². The number of amides is 1. The number of nitrogens with one attached hydrogen (secondary N) is 1. The molecular weight excluding hydrogens is 370 g/mol. The zero-order valence-electron chi connectivity index (χ0n) is 16.6. The van der Waals surface area contributed by atoms with E-state index < -0.39 is 29.8 Å². The molecule has 3 aromatic carbocycles. The van der Waals surface area contributed by atoms with Gasteiger partial charge in [-0.1, -0.05) is 55.5 Å². The van der Waals surface area contributed by atoms with Crippen molar-refractivity contribution in [1.29, 1.82) is 0 Å². The number of hydrogen-bond donors (Lipinski definition) is 1. The van der Waals surface area contributed by atoms with Gasteiger partial charge < -0.3 is 14.8 Å². The maximum absolute atomic E-state index is 13.3. The summed E-state index contributed by atoms with van der Waals surface area (Å²) >= 11 is 0. The molecule has 0 bridgehead atoms. The zero-order valence-corrected chi connectivity index (χ0v) is 16.6. The fraction of sp³-hybridized carbons (Fsp3) is 0.261. The van der Waals surface area contributed by atoms with E-state index in [1.807, 2.05) is 54.6 Å². The molecule has 0 spiro atoms. The van der Waals surface area contributed by atoms with E-state index in [9.17, 15) is 14.4 Å². The predicted molar refractivity (Wildman–Crippen MR) is 111 cm³/mol. The number of ether oxygens (including phenoxy) is 2. The second kappa shape index (κ2) is 8.73. The lowest BCUT2D eigenvalue weighted by Crippen LogP contribution is -2.43. The molecular formula is C23H23NO5. The first-order valence-corrected chi connectivity index (χ1v) is 9.33. The summed E-state index contributed by atoms with van der Waals surface area (Å²) in [5, 5.41) is 6.18. The Balaban J connectivity index is 2.02. The lowest BCUT2D eigenvalue weighted by Gasteiger charge is -2.20. The Hall–Kier alpha value is -3.41. The summed E-state index contributed by atoms with van der Waals surface area (Å²) in [7, 11) is 2.53. The second-order valence-electron chi connectivity index (χ2n) is 6.90. The van der Waals surface area contributed by atoms with E-state index in [0.29, 0.717) is 5.56 Å². The Labute approximate surface area is 168 Å². The van der Waals surface area contributed by atoms with Crippen LogP contribution in [-0.2, 0) is 19.1 Å². The molecule has 29 heavy (non-hydrogen) atoms. The minimum atomic E-state index is -0.973. The maximum atomic E-state index is 13.3. The first-order valence-electron chi connectivity index (χ1n) is 9.33. The van der Waals surface area contributed by atoms with Crippen molar-refractivity contribution < 1.29 is 23.9 Å². The lowest BCUT2D eigenvalue weighted by atomic mass is 9.95. The molecule has 150 valence electrons. The summed E-state index contributed by atoms with van der Waals surface area (Å²) in [5.41, 5.74) is 0.485. The van der Waals surface area contributed by atoms with Crippen molar-refractivity contribution in [2.24, 2.45) is 5.92 Å². The van der Waals surface area contributed by atoms with Crippen LogP contribution < -0.4 is 5.32 Å². The summed E-state index contributed by atoms with van der Waals surface area (Å²) in [4.78, 5) is 37.3. The van der Waals surface area contributed by atoms with Crippen LogP contribution in [0.4, 0.5) is 0 Å². The molecule has 0 aliphatic heterocycles. The number of methoxy groups -OCH3 is 2. The van der Waals surface area contributed by atoms with E-state index >= 15 is 0 Å². The minimum Gasteiger partial charge on any atom is -0.469 e. The molecule has 0 fully saturated rings.